The second-order valence-electron chi connectivity index (χ2n) is 5.91. The monoisotopic (exact) mass is 292 g/mol. The van der Waals surface area contributed by atoms with Gasteiger partial charge < -0.3 is 14.9 Å². The summed E-state index contributed by atoms with van der Waals surface area (Å²) in [6.45, 7) is 4.89. The van der Waals surface area contributed by atoms with Gasteiger partial charge in [0.1, 0.15) is 6.54 Å². The lowest BCUT2D eigenvalue weighted by molar-refractivity contribution is -0.137. The first kappa shape index (κ1) is 17.2. The van der Waals surface area contributed by atoms with Crippen LogP contribution in [-0.4, -0.2) is 54.0 Å². The van der Waals surface area contributed by atoms with E-state index >= 15 is 0 Å². The van der Waals surface area contributed by atoms with Crippen molar-refractivity contribution in [2.24, 2.45) is 5.92 Å². The molecule has 0 radical (unpaired) electrons. The topological polar surface area (TPSA) is 60.9 Å². The first-order chi connectivity index (χ1) is 9.79. The van der Waals surface area contributed by atoms with Gasteiger partial charge in [0.05, 0.1) is 0 Å². The van der Waals surface area contributed by atoms with Crippen LogP contribution in [0.15, 0.2) is 24.3 Å². The molecule has 1 aromatic carbocycles. The fraction of sp³-hybridized carbons (Fsp3) is 0.500. The van der Waals surface area contributed by atoms with Gasteiger partial charge >= 0.3 is 5.97 Å². The maximum absolute atomic E-state index is 12.4. The highest BCUT2D eigenvalue weighted by atomic mass is 16.4. The first-order valence-corrected chi connectivity index (χ1v) is 7.04. The van der Waals surface area contributed by atoms with Gasteiger partial charge in [-0.25, -0.2) is 0 Å². The van der Waals surface area contributed by atoms with E-state index < -0.39 is 5.97 Å². The third-order valence-corrected chi connectivity index (χ3v) is 2.90. The molecule has 1 N–H and O–H groups in total. The number of nitrogens with zero attached hydrogens (tertiary/aromatic N) is 2. The predicted octanol–water partition coefficient (Wildman–Crippen LogP) is 1.93. The molecule has 0 fully saturated rings. The minimum Gasteiger partial charge on any atom is -0.480 e. The molecule has 116 valence electrons. The average Bonchev–Trinajstić information content (AvgIpc) is 2.36. The maximum Gasteiger partial charge on any atom is 0.323 e. The van der Waals surface area contributed by atoms with Crippen LogP contribution in [0.4, 0.5) is 0 Å². The Morgan fingerprint density at radius 1 is 1.14 bits per heavy atom. The number of carbonyl (C=O) groups is 2. The van der Waals surface area contributed by atoms with E-state index in [1.165, 1.54) is 4.90 Å². The summed E-state index contributed by atoms with van der Waals surface area (Å²) in [6.07, 6.45) is 0. The lowest BCUT2D eigenvalue weighted by Crippen LogP contribution is -2.38. The van der Waals surface area contributed by atoms with E-state index in [-0.39, 0.29) is 18.4 Å². The van der Waals surface area contributed by atoms with Crippen molar-refractivity contribution in [2.75, 3.05) is 27.2 Å². The summed E-state index contributed by atoms with van der Waals surface area (Å²) in [5, 5.41) is 8.94. The Morgan fingerprint density at radius 3 is 2.14 bits per heavy atom. The molecular formula is C16H24N2O3. The summed E-state index contributed by atoms with van der Waals surface area (Å²) in [4.78, 5) is 26.7. The third kappa shape index (κ3) is 5.95. The second-order valence-corrected chi connectivity index (χ2v) is 5.91. The normalized spacial score (nSPS) is 11.0. The van der Waals surface area contributed by atoms with E-state index in [1.807, 2.05) is 45.0 Å². The predicted molar refractivity (Wildman–Crippen MR) is 82.2 cm³/mol. The van der Waals surface area contributed by atoms with Crippen LogP contribution in [0.3, 0.4) is 0 Å². The summed E-state index contributed by atoms with van der Waals surface area (Å²) in [7, 11) is 3.96. The standard InChI is InChI=1S/C16H24N2O3/c1-12(2)9-18(11-15(19)20)16(21)14-7-5-13(6-8-14)10-17(3)4/h5-8,12H,9-11H2,1-4H3,(H,19,20). The minimum absolute atomic E-state index is 0.223. The highest BCUT2D eigenvalue weighted by Gasteiger charge is 2.19. The highest BCUT2D eigenvalue weighted by molar-refractivity contribution is 5.95. The second kappa shape index (κ2) is 7.78. The number of hydrogen-bond acceptors (Lipinski definition) is 3. The number of amides is 1. The lowest BCUT2D eigenvalue weighted by Gasteiger charge is -2.23. The quantitative estimate of drug-likeness (QED) is 0.834. The number of benzene rings is 1. The van der Waals surface area contributed by atoms with E-state index in [0.29, 0.717) is 12.1 Å². The van der Waals surface area contributed by atoms with Gasteiger partial charge in [-0.2, -0.15) is 0 Å². The van der Waals surface area contributed by atoms with Crippen molar-refractivity contribution in [1.82, 2.24) is 9.80 Å². The van der Waals surface area contributed by atoms with E-state index in [1.54, 1.807) is 12.1 Å². The van der Waals surface area contributed by atoms with Gasteiger partial charge in [0.2, 0.25) is 0 Å². The zero-order valence-electron chi connectivity index (χ0n) is 13.2. The van der Waals surface area contributed by atoms with Crippen LogP contribution in [0, 0.1) is 5.92 Å². The largest absolute Gasteiger partial charge is 0.480 e. The molecule has 0 unspecified atom stereocenters. The molecule has 5 heteroatoms. The molecule has 0 saturated heterocycles. The van der Waals surface area contributed by atoms with E-state index in [4.69, 9.17) is 5.11 Å². The van der Waals surface area contributed by atoms with Crippen molar-refractivity contribution in [3.8, 4) is 0 Å². The number of carboxylic acids is 1. The van der Waals surface area contributed by atoms with Crippen molar-refractivity contribution in [1.29, 1.82) is 0 Å². The smallest absolute Gasteiger partial charge is 0.323 e. The molecule has 21 heavy (non-hydrogen) atoms. The molecule has 0 aliphatic rings. The van der Waals surface area contributed by atoms with Crippen molar-refractivity contribution in [3.63, 3.8) is 0 Å². The molecule has 0 aromatic heterocycles. The Morgan fingerprint density at radius 2 is 1.71 bits per heavy atom. The fourth-order valence-corrected chi connectivity index (χ4v) is 2.12. The molecule has 1 aromatic rings. The number of rotatable bonds is 7. The number of hydrogen-bond donors (Lipinski definition) is 1. The van der Waals surface area contributed by atoms with Gasteiger partial charge in [0.15, 0.2) is 0 Å². The molecule has 0 atom stereocenters. The molecule has 0 heterocycles. The number of carboxylic acid groups (broad SMARTS) is 1. The Kier molecular flexibility index (Phi) is 6.37. The van der Waals surface area contributed by atoms with Crippen LogP contribution < -0.4 is 0 Å². The maximum atomic E-state index is 12.4. The first-order valence-electron chi connectivity index (χ1n) is 7.04. The van der Waals surface area contributed by atoms with Gasteiger partial charge in [0.25, 0.3) is 5.91 Å². The SMILES string of the molecule is CC(C)CN(CC(=O)O)C(=O)c1ccc(CN(C)C)cc1. The lowest BCUT2D eigenvalue weighted by atomic mass is 10.1. The molecular weight excluding hydrogens is 268 g/mol. The average molecular weight is 292 g/mol. The Balaban J connectivity index is 2.84. The van der Waals surface area contributed by atoms with Crippen LogP contribution in [0.25, 0.3) is 0 Å². The third-order valence-electron chi connectivity index (χ3n) is 2.90. The zero-order chi connectivity index (χ0) is 16.0. The summed E-state index contributed by atoms with van der Waals surface area (Å²) in [5.74, 6) is -1.00. The van der Waals surface area contributed by atoms with Gasteiger partial charge in [-0.15, -0.1) is 0 Å². The Bertz CT molecular complexity index is 481. The van der Waals surface area contributed by atoms with Gasteiger partial charge in [-0.1, -0.05) is 26.0 Å². The summed E-state index contributed by atoms with van der Waals surface area (Å²) < 4.78 is 0. The molecule has 5 nitrogen and oxygen atoms in total. The number of carbonyl (C=O) groups excluding carboxylic acids is 1. The van der Waals surface area contributed by atoms with E-state index in [0.717, 1.165) is 12.1 Å². The van der Waals surface area contributed by atoms with Crippen LogP contribution in [0.5, 0.6) is 0 Å². The molecule has 0 saturated carbocycles. The Hall–Kier alpha value is -1.88. The summed E-state index contributed by atoms with van der Waals surface area (Å²) in [5.41, 5.74) is 1.64. The molecule has 0 aliphatic carbocycles. The molecule has 1 rings (SSSR count). The van der Waals surface area contributed by atoms with Crippen molar-refractivity contribution >= 4 is 11.9 Å². The van der Waals surface area contributed by atoms with Crippen molar-refractivity contribution in [3.05, 3.63) is 35.4 Å². The van der Waals surface area contributed by atoms with Crippen molar-refractivity contribution < 1.29 is 14.7 Å². The fourth-order valence-electron chi connectivity index (χ4n) is 2.12. The van der Waals surface area contributed by atoms with Crippen molar-refractivity contribution in [2.45, 2.75) is 20.4 Å². The minimum atomic E-state index is -0.992. The Labute approximate surface area is 126 Å². The van der Waals surface area contributed by atoms with Gasteiger partial charge in [0, 0.05) is 18.7 Å². The van der Waals surface area contributed by atoms with Crippen LogP contribution >= 0.6 is 0 Å². The van der Waals surface area contributed by atoms with Gasteiger partial charge in [-0.05, 0) is 37.7 Å². The molecule has 0 aliphatic heterocycles. The highest BCUT2D eigenvalue weighted by Crippen LogP contribution is 2.10. The summed E-state index contributed by atoms with van der Waals surface area (Å²) >= 11 is 0. The van der Waals surface area contributed by atoms with Crippen LogP contribution in [-0.2, 0) is 11.3 Å². The van der Waals surface area contributed by atoms with E-state index in [9.17, 15) is 9.59 Å². The van der Waals surface area contributed by atoms with Gasteiger partial charge in [-0.3, -0.25) is 9.59 Å². The molecule has 1 amide bonds. The zero-order valence-corrected chi connectivity index (χ0v) is 13.2. The van der Waals surface area contributed by atoms with Crippen LogP contribution in [0.2, 0.25) is 0 Å². The molecule has 0 bridgehead atoms. The molecule has 0 spiro atoms. The van der Waals surface area contributed by atoms with E-state index in [2.05, 4.69) is 0 Å². The van der Waals surface area contributed by atoms with Crippen LogP contribution in [0.1, 0.15) is 29.8 Å². The number of aliphatic carboxylic acids is 1. The summed E-state index contributed by atoms with van der Waals surface area (Å²) in [6, 6.07) is 7.33.